The smallest absolute Gasteiger partial charge is 0.173 e. The van der Waals surface area contributed by atoms with Gasteiger partial charge in [-0.05, 0) is 37.1 Å². The molecule has 0 unspecified atom stereocenters. The molecule has 1 aromatic carbocycles. The molecule has 1 aliphatic rings. The summed E-state index contributed by atoms with van der Waals surface area (Å²) < 4.78 is 0. The van der Waals surface area contributed by atoms with Crippen molar-refractivity contribution in [3.63, 3.8) is 0 Å². The first-order valence-corrected chi connectivity index (χ1v) is 7.94. The molecule has 5 nitrogen and oxygen atoms in total. The van der Waals surface area contributed by atoms with Crippen molar-refractivity contribution in [2.45, 2.75) is 17.7 Å². The van der Waals surface area contributed by atoms with Gasteiger partial charge in [0.25, 0.3) is 0 Å². The molecule has 1 aromatic rings. The molecule has 4 N–H and O–H groups in total. The van der Waals surface area contributed by atoms with Crippen LogP contribution in [0.1, 0.15) is 18.4 Å². The molecule has 1 saturated heterocycles. The third-order valence-electron chi connectivity index (χ3n) is 3.80. The van der Waals surface area contributed by atoms with Crippen molar-refractivity contribution >= 4 is 23.3 Å². The van der Waals surface area contributed by atoms with Gasteiger partial charge in [0.1, 0.15) is 0 Å². The van der Waals surface area contributed by atoms with Crippen molar-refractivity contribution in [3.8, 4) is 0 Å². The largest absolute Gasteiger partial charge is 0.409 e. The zero-order valence-corrected chi connectivity index (χ0v) is 12.4. The Morgan fingerprint density at radius 1 is 1.45 bits per heavy atom. The molecular weight excluding hydrogens is 274 g/mol. The molecule has 0 aliphatic carbocycles. The van der Waals surface area contributed by atoms with Crippen molar-refractivity contribution < 1.29 is 10.3 Å². The van der Waals surface area contributed by atoms with E-state index in [2.05, 4.69) is 10.1 Å². The Balaban J connectivity index is 2.32. The highest BCUT2D eigenvalue weighted by atomic mass is 32.2. The van der Waals surface area contributed by atoms with E-state index in [0.717, 1.165) is 42.1 Å². The Labute approximate surface area is 123 Å². The van der Waals surface area contributed by atoms with Crippen LogP contribution < -0.4 is 10.6 Å². The van der Waals surface area contributed by atoms with Gasteiger partial charge in [-0.25, -0.2) is 0 Å². The molecule has 6 heteroatoms. The summed E-state index contributed by atoms with van der Waals surface area (Å²) in [6.07, 6.45) is 3.91. The van der Waals surface area contributed by atoms with Gasteiger partial charge in [-0.15, -0.1) is 11.8 Å². The number of anilines is 1. The molecule has 0 atom stereocenters. The molecule has 0 amide bonds. The third-order valence-corrected chi connectivity index (χ3v) is 4.58. The molecule has 2 rings (SSSR count). The van der Waals surface area contributed by atoms with Gasteiger partial charge in [-0.2, -0.15) is 0 Å². The summed E-state index contributed by atoms with van der Waals surface area (Å²) >= 11 is 1.58. The van der Waals surface area contributed by atoms with Crippen molar-refractivity contribution in [2.24, 2.45) is 16.8 Å². The van der Waals surface area contributed by atoms with Crippen LogP contribution >= 0.6 is 11.8 Å². The highest BCUT2D eigenvalue weighted by Gasteiger charge is 2.22. The normalized spacial score (nSPS) is 17.5. The molecular formula is C14H21N3O2S. The molecule has 0 bridgehead atoms. The number of hydrogen-bond donors (Lipinski definition) is 3. The lowest BCUT2D eigenvalue weighted by Crippen LogP contribution is -2.36. The Morgan fingerprint density at radius 3 is 2.70 bits per heavy atom. The second kappa shape index (κ2) is 6.85. The number of oxime groups is 1. The zero-order chi connectivity index (χ0) is 14.5. The fourth-order valence-electron chi connectivity index (χ4n) is 2.62. The SMILES string of the molecule is CSc1cccc(N2CCC(CO)CC2)c1/C(N)=N/O. The van der Waals surface area contributed by atoms with E-state index in [1.807, 2.05) is 24.5 Å². The number of piperidine rings is 1. The summed E-state index contributed by atoms with van der Waals surface area (Å²) in [5.41, 5.74) is 7.65. The van der Waals surface area contributed by atoms with Crippen LogP contribution in [-0.2, 0) is 0 Å². The number of hydrogen-bond acceptors (Lipinski definition) is 5. The molecule has 1 heterocycles. The van der Waals surface area contributed by atoms with Crippen LogP contribution in [0.15, 0.2) is 28.3 Å². The van der Waals surface area contributed by atoms with Crippen LogP contribution in [0.4, 0.5) is 5.69 Å². The number of amidine groups is 1. The second-order valence-corrected chi connectivity index (χ2v) is 5.80. The van der Waals surface area contributed by atoms with Gasteiger partial charge in [0, 0.05) is 30.3 Å². The van der Waals surface area contributed by atoms with E-state index < -0.39 is 0 Å². The number of aliphatic hydroxyl groups excluding tert-OH is 1. The average molecular weight is 295 g/mol. The van der Waals surface area contributed by atoms with Gasteiger partial charge in [-0.3, -0.25) is 0 Å². The van der Waals surface area contributed by atoms with Crippen LogP contribution in [0.25, 0.3) is 0 Å². The lowest BCUT2D eigenvalue weighted by atomic mass is 9.96. The van der Waals surface area contributed by atoms with E-state index in [4.69, 9.17) is 10.9 Å². The van der Waals surface area contributed by atoms with Crippen LogP contribution in [0.2, 0.25) is 0 Å². The van der Waals surface area contributed by atoms with Gasteiger partial charge >= 0.3 is 0 Å². The fourth-order valence-corrected chi connectivity index (χ4v) is 3.24. The molecule has 0 radical (unpaired) electrons. The Hall–Kier alpha value is -1.40. The van der Waals surface area contributed by atoms with E-state index >= 15 is 0 Å². The maximum atomic E-state index is 9.22. The Kier molecular flexibility index (Phi) is 5.14. The number of aliphatic hydroxyl groups is 1. The molecule has 1 aliphatic heterocycles. The van der Waals surface area contributed by atoms with Gasteiger partial charge in [0.2, 0.25) is 0 Å². The quantitative estimate of drug-likeness (QED) is 0.259. The van der Waals surface area contributed by atoms with Gasteiger partial charge in [0.05, 0.1) is 5.56 Å². The third kappa shape index (κ3) is 3.02. The topological polar surface area (TPSA) is 82.1 Å². The van der Waals surface area contributed by atoms with Crippen LogP contribution in [-0.4, -0.2) is 42.1 Å². The summed E-state index contributed by atoms with van der Waals surface area (Å²) in [4.78, 5) is 3.25. The molecule has 20 heavy (non-hydrogen) atoms. The van der Waals surface area contributed by atoms with E-state index in [-0.39, 0.29) is 12.4 Å². The van der Waals surface area contributed by atoms with E-state index in [9.17, 15) is 5.11 Å². The summed E-state index contributed by atoms with van der Waals surface area (Å²) in [6, 6.07) is 5.97. The highest BCUT2D eigenvalue weighted by Crippen LogP contribution is 2.32. The average Bonchev–Trinajstić information content (AvgIpc) is 2.53. The lowest BCUT2D eigenvalue weighted by Gasteiger charge is -2.34. The van der Waals surface area contributed by atoms with Gasteiger partial charge in [0.15, 0.2) is 5.84 Å². The maximum Gasteiger partial charge on any atom is 0.173 e. The van der Waals surface area contributed by atoms with E-state index in [1.165, 1.54) is 0 Å². The van der Waals surface area contributed by atoms with Crippen LogP contribution in [0.3, 0.4) is 0 Å². The van der Waals surface area contributed by atoms with Crippen LogP contribution in [0.5, 0.6) is 0 Å². The number of benzene rings is 1. The minimum absolute atomic E-state index is 0.147. The molecule has 1 fully saturated rings. The Bertz CT molecular complexity index is 485. The number of nitrogens with zero attached hydrogens (tertiary/aromatic N) is 2. The molecule has 0 spiro atoms. The van der Waals surface area contributed by atoms with Crippen molar-refractivity contribution in [1.82, 2.24) is 0 Å². The standard InChI is InChI=1S/C14H21N3O2S/c1-20-12-4-2-3-11(13(12)14(15)16-19)17-7-5-10(9-18)6-8-17/h2-4,10,18-19H,5-9H2,1H3,(H2,15,16). The van der Waals surface area contributed by atoms with Crippen molar-refractivity contribution in [1.29, 1.82) is 0 Å². The second-order valence-electron chi connectivity index (χ2n) is 4.95. The molecule has 110 valence electrons. The van der Waals surface area contributed by atoms with Crippen molar-refractivity contribution in [3.05, 3.63) is 23.8 Å². The molecule has 0 aromatic heterocycles. The first-order valence-electron chi connectivity index (χ1n) is 6.72. The summed E-state index contributed by atoms with van der Waals surface area (Å²) in [5.74, 6) is 0.538. The zero-order valence-electron chi connectivity index (χ0n) is 11.6. The summed E-state index contributed by atoms with van der Waals surface area (Å²) in [6.45, 7) is 2.02. The van der Waals surface area contributed by atoms with Crippen LogP contribution in [0, 0.1) is 5.92 Å². The first-order chi connectivity index (χ1) is 9.71. The Morgan fingerprint density at radius 2 is 2.15 bits per heavy atom. The monoisotopic (exact) mass is 295 g/mol. The minimum atomic E-state index is 0.147. The van der Waals surface area contributed by atoms with Gasteiger partial charge < -0.3 is 20.9 Å². The predicted molar refractivity (Wildman–Crippen MR) is 82.8 cm³/mol. The van der Waals surface area contributed by atoms with E-state index in [1.54, 1.807) is 11.8 Å². The summed E-state index contributed by atoms with van der Waals surface area (Å²) in [7, 11) is 0. The molecule has 0 saturated carbocycles. The van der Waals surface area contributed by atoms with Gasteiger partial charge in [-0.1, -0.05) is 11.2 Å². The first kappa shape index (κ1) is 15.0. The number of rotatable bonds is 4. The number of thioether (sulfide) groups is 1. The maximum absolute atomic E-state index is 9.22. The predicted octanol–water partition coefficient (Wildman–Crippen LogP) is 1.71. The van der Waals surface area contributed by atoms with E-state index in [0.29, 0.717) is 5.92 Å². The highest BCUT2D eigenvalue weighted by molar-refractivity contribution is 7.98. The van der Waals surface area contributed by atoms with Crippen molar-refractivity contribution in [2.75, 3.05) is 30.9 Å². The summed E-state index contributed by atoms with van der Waals surface area (Å²) in [5, 5.41) is 21.4. The fraction of sp³-hybridized carbons (Fsp3) is 0.500. The lowest BCUT2D eigenvalue weighted by molar-refractivity contribution is 0.203. The minimum Gasteiger partial charge on any atom is -0.409 e. The number of nitrogens with two attached hydrogens (primary N) is 1.